The Morgan fingerprint density at radius 1 is 1.19 bits per heavy atom. The molecule has 0 saturated carbocycles. The number of carboxylic acids is 2. The Kier molecular flexibility index (Phi) is 9.58. The first-order valence-electron chi connectivity index (χ1n) is 7.05. The number of carboxylic acid groups (broad SMARTS) is 3. The number of likely N-dealkylation sites (N-methyl/N-ethyl adjacent to an activating group) is 1. The maximum atomic E-state index is 10.8. The van der Waals surface area contributed by atoms with E-state index in [1.54, 1.807) is 17.6 Å². The Bertz CT molecular complexity index is 635. The Hall–Kier alpha value is -3.54. The maximum absolute atomic E-state index is 10.8. The molecule has 0 aliphatic carbocycles. The number of nitrogens with one attached hydrogen (secondary N) is 3. The van der Waals surface area contributed by atoms with Gasteiger partial charge in [0.25, 0.3) is 0 Å². The Balaban J connectivity index is 0.000000590. The van der Waals surface area contributed by atoms with Gasteiger partial charge in [-0.05, 0) is 17.7 Å². The zero-order chi connectivity index (χ0) is 20.3. The average molecular weight is 371 g/mol. The fraction of sp³-hybridized carbons (Fsp3) is 0.286. The molecule has 0 spiro atoms. The summed E-state index contributed by atoms with van der Waals surface area (Å²) in [5.41, 5.74) is 9.56. The number of carbonyl (C=O) groups is 3. The number of phenolic OH excluding ortho intramolecular Hbond substituents is 1. The van der Waals surface area contributed by atoms with Gasteiger partial charge in [0.15, 0.2) is 5.96 Å². The highest BCUT2D eigenvalue weighted by Crippen LogP contribution is 2.11. The second-order valence-corrected chi connectivity index (χ2v) is 4.97. The van der Waals surface area contributed by atoms with Gasteiger partial charge in [-0.25, -0.2) is 10.2 Å². The molecule has 1 rings (SSSR count). The molecule has 9 N–H and O–H groups in total. The van der Waals surface area contributed by atoms with E-state index >= 15 is 0 Å². The number of aromatic hydroxyl groups is 1. The zero-order valence-corrected chi connectivity index (χ0v) is 13.8. The van der Waals surface area contributed by atoms with Crippen LogP contribution in [0.3, 0.4) is 0 Å². The van der Waals surface area contributed by atoms with Gasteiger partial charge in [0, 0.05) is 13.5 Å². The number of rotatable bonds is 7. The molecule has 0 aromatic heterocycles. The van der Waals surface area contributed by atoms with E-state index in [1.807, 2.05) is 0 Å². The van der Waals surface area contributed by atoms with Crippen molar-refractivity contribution in [2.45, 2.75) is 12.5 Å². The van der Waals surface area contributed by atoms with Crippen LogP contribution in [0.2, 0.25) is 0 Å². The molecule has 0 bridgehead atoms. The molecule has 0 heterocycles. The molecule has 1 aromatic rings. The molecule has 0 fully saturated rings. The lowest BCUT2D eigenvalue weighted by Crippen LogP contribution is -2.48. The molecule has 0 aliphatic heterocycles. The lowest BCUT2D eigenvalue weighted by Gasteiger charge is -2.13. The van der Waals surface area contributed by atoms with Gasteiger partial charge in [0.05, 0.1) is 0 Å². The number of hydrazine groups is 1. The minimum Gasteiger partial charge on any atom is -0.508 e. The van der Waals surface area contributed by atoms with Gasteiger partial charge in [-0.3, -0.25) is 20.4 Å². The van der Waals surface area contributed by atoms with E-state index in [9.17, 15) is 14.4 Å². The molecule has 0 unspecified atom stereocenters. The standard InChI is InChI=1S/C10H12N2O5.C4H9N3O2/c13-7-3-1-6(2-4-7)5-8(9(14)15)11-12-10(16)17;1-7(4(5)6)2-3(8)9/h1-4,8,11-13H,5H2,(H,14,15)(H,16,17);2H2,1H3,(H3,5,6)(H,8,9)/t8-;/m0./s1. The number of amides is 1. The monoisotopic (exact) mass is 371 g/mol. The molecular formula is C14H21N5O7. The summed E-state index contributed by atoms with van der Waals surface area (Å²) in [5.74, 6) is -2.32. The number of hydrogen-bond donors (Lipinski definition) is 8. The summed E-state index contributed by atoms with van der Waals surface area (Å²) in [6.07, 6.45) is -1.27. The van der Waals surface area contributed by atoms with Crippen LogP contribution in [-0.2, 0) is 16.0 Å². The SMILES string of the molecule is CN(CC(=O)O)C(=N)N.O=C(O)NN[C@@H](Cc1ccc(O)cc1)C(=O)O. The lowest BCUT2D eigenvalue weighted by atomic mass is 10.1. The van der Waals surface area contributed by atoms with Crippen molar-refractivity contribution in [3.63, 3.8) is 0 Å². The van der Waals surface area contributed by atoms with Gasteiger partial charge in [-0.2, -0.15) is 0 Å². The van der Waals surface area contributed by atoms with Crippen LogP contribution in [0.5, 0.6) is 5.75 Å². The second kappa shape index (κ2) is 11.1. The van der Waals surface area contributed by atoms with Gasteiger partial charge in [0.1, 0.15) is 18.3 Å². The van der Waals surface area contributed by atoms with Crippen molar-refractivity contribution in [3.05, 3.63) is 29.8 Å². The van der Waals surface area contributed by atoms with E-state index < -0.39 is 24.1 Å². The van der Waals surface area contributed by atoms with E-state index in [4.69, 9.17) is 31.6 Å². The van der Waals surface area contributed by atoms with E-state index in [2.05, 4.69) is 5.43 Å². The molecule has 1 aromatic carbocycles. The number of hydrogen-bond acceptors (Lipinski definition) is 6. The van der Waals surface area contributed by atoms with Crippen LogP contribution in [0.1, 0.15) is 5.56 Å². The van der Waals surface area contributed by atoms with Crippen molar-refractivity contribution in [2.75, 3.05) is 13.6 Å². The number of nitrogens with zero attached hydrogens (tertiary/aromatic N) is 1. The molecule has 0 saturated heterocycles. The fourth-order valence-corrected chi connectivity index (χ4v) is 1.50. The Morgan fingerprint density at radius 2 is 1.73 bits per heavy atom. The van der Waals surface area contributed by atoms with Crippen molar-refractivity contribution in [2.24, 2.45) is 5.73 Å². The molecular weight excluding hydrogens is 350 g/mol. The van der Waals surface area contributed by atoms with E-state index in [-0.39, 0.29) is 24.7 Å². The summed E-state index contributed by atoms with van der Waals surface area (Å²) in [6.45, 7) is -0.227. The van der Waals surface area contributed by atoms with Gasteiger partial charge in [-0.1, -0.05) is 12.1 Å². The Morgan fingerprint density at radius 3 is 2.08 bits per heavy atom. The van der Waals surface area contributed by atoms with Gasteiger partial charge in [0.2, 0.25) is 0 Å². The molecule has 26 heavy (non-hydrogen) atoms. The maximum Gasteiger partial charge on any atom is 0.419 e. The first-order valence-corrected chi connectivity index (χ1v) is 7.05. The third-order valence-electron chi connectivity index (χ3n) is 2.81. The van der Waals surface area contributed by atoms with Crippen molar-refractivity contribution in [1.29, 1.82) is 5.41 Å². The number of guanidine groups is 1. The van der Waals surface area contributed by atoms with Crippen LogP contribution in [0, 0.1) is 5.41 Å². The minimum absolute atomic E-state index is 0.0808. The first-order chi connectivity index (χ1) is 12.0. The van der Waals surface area contributed by atoms with Crippen LogP contribution in [0.25, 0.3) is 0 Å². The smallest absolute Gasteiger partial charge is 0.419 e. The summed E-state index contributed by atoms with van der Waals surface area (Å²) in [6, 6.07) is 4.91. The van der Waals surface area contributed by atoms with Crippen molar-refractivity contribution in [3.8, 4) is 5.75 Å². The number of benzene rings is 1. The molecule has 12 heteroatoms. The van der Waals surface area contributed by atoms with Crippen molar-refractivity contribution in [1.82, 2.24) is 15.8 Å². The van der Waals surface area contributed by atoms with Gasteiger partial charge >= 0.3 is 18.0 Å². The second-order valence-electron chi connectivity index (χ2n) is 4.97. The third-order valence-corrected chi connectivity index (χ3v) is 2.81. The van der Waals surface area contributed by atoms with E-state index in [1.165, 1.54) is 19.2 Å². The minimum atomic E-state index is -1.36. The Labute approximate surface area is 148 Å². The lowest BCUT2D eigenvalue weighted by molar-refractivity contribution is -0.140. The molecule has 0 radical (unpaired) electrons. The number of aliphatic carboxylic acids is 2. The first kappa shape index (κ1) is 22.5. The molecule has 0 aliphatic rings. The molecule has 1 atom stereocenters. The quantitative estimate of drug-likeness (QED) is 0.167. The van der Waals surface area contributed by atoms with Crippen LogP contribution >= 0.6 is 0 Å². The normalized spacial score (nSPS) is 10.7. The summed E-state index contributed by atoms with van der Waals surface area (Å²) in [7, 11) is 1.44. The summed E-state index contributed by atoms with van der Waals surface area (Å²) in [4.78, 5) is 32.1. The van der Waals surface area contributed by atoms with Crippen molar-refractivity contribution < 1.29 is 34.8 Å². The van der Waals surface area contributed by atoms with Crippen LogP contribution in [-0.4, -0.2) is 69.0 Å². The zero-order valence-electron chi connectivity index (χ0n) is 13.8. The van der Waals surface area contributed by atoms with Crippen LogP contribution in [0.4, 0.5) is 4.79 Å². The van der Waals surface area contributed by atoms with Gasteiger partial charge < -0.3 is 31.1 Å². The molecule has 144 valence electrons. The topological polar surface area (TPSA) is 209 Å². The largest absolute Gasteiger partial charge is 0.508 e. The number of phenols is 1. The highest BCUT2D eigenvalue weighted by molar-refractivity contribution is 5.80. The highest BCUT2D eigenvalue weighted by atomic mass is 16.4. The average Bonchev–Trinajstić information content (AvgIpc) is 2.52. The van der Waals surface area contributed by atoms with E-state index in [0.717, 1.165) is 4.90 Å². The van der Waals surface area contributed by atoms with Crippen LogP contribution < -0.4 is 16.6 Å². The van der Waals surface area contributed by atoms with Crippen LogP contribution in [0.15, 0.2) is 24.3 Å². The van der Waals surface area contributed by atoms with Gasteiger partial charge in [-0.15, -0.1) is 0 Å². The van der Waals surface area contributed by atoms with Crippen molar-refractivity contribution >= 4 is 24.0 Å². The van der Waals surface area contributed by atoms with E-state index in [0.29, 0.717) is 5.56 Å². The molecule has 12 nitrogen and oxygen atoms in total. The number of nitrogens with two attached hydrogens (primary N) is 1. The predicted octanol–water partition coefficient (Wildman–Crippen LogP) is -0.944. The summed E-state index contributed by atoms with van der Waals surface area (Å²) >= 11 is 0. The predicted molar refractivity (Wildman–Crippen MR) is 89.7 cm³/mol. The fourth-order valence-electron chi connectivity index (χ4n) is 1.50. The highest BCUT2D eigenvalue weighted by Gasteiger charge is 2.18. The third kappa shape index (κ3) is 10.3. The summed E-state index contributed by atoms with van der Waals surface area (Å²) < 4.78 is 0. The molecule has 1 amide bonds. The summed E-state index contributed by atoms with van der Waals surface area (Å²) in [5, 5.41) is 41.1.